The second-order valence-electron chi connectivity index (χ2n) is 7.26. The van der Waals surface area contributed by atoms with Crippen molar-refractivity contribution >= 4 is 60.5 Å². The number of anilines is 2. The molecule has 0 saturated heterocycles. The average molecular weight is 468 g/mol. The van der Waals surface area contributed by atoms with Gasteiger partial charge in [0, 0.05) is 16.8 Å². The number of halogens is 1. The van der Waals surface area contributed by atoms with Gasteiger partial charge in [-0.25, -0.2) is 8.42 Å². The van der Waals surface area contributed by atoms with Crippen LogP contribution in [-0.4, -0.2) is 31.7 Å². The molecule has 10 heteroatoms. The van der Waals surface area contributed by atoms with Gasteiger partial charge in [-0.1, -0.05) is 29.0 Å². The lowest BCUT2D eigenvalue weighted by Crippen LogP contribution is -2.37. The number of fused-ring (bicyclic) bond motifs is 1. The Hall–Kier alpha value is -2.36. The van der Waals surface area contributed by atoms with Crippen molar-refractivity contribution in [2.75, 3.05) is 22.4 Å². The zero-order valence-corrected chi connectivity index (χ0v) is 19.4. The van der Waals surface area contributed by atoms with Gasteiger partial charge < -0.3 is 5.32 Å². The smallest absolute Gasteiger partial charge is 0.308 e. The highest BCUT2D eigenvalue weighted by Crippen LogP contribution is 2.27. The van der Waals surface area contributed by atoms with Gasteiger partial charge in [0.2, 0.25) is 15.9 Å². The summed E-state index contributed by atoms with van der Waals surface area (Å²) in [6.07, 6.45) is 1.04. The van der Waals surface area contributed by atoms with Crippen molar-refractivity contribution in [3.05, 3.63) is 56.7 Å². The fraction of sp³-hybridized carbons (Fsp3) is 0.300. The van der Waals surface area contributed by atoms with E-state index in [0.29, 0.717) is 22.0 Å². The van der Waals surface area contributed by atoms with Crippen molar-refractivity contribution in [3.63, 3.8) is 0 Å². The number of hydrogen-bond acceptors (Lipinski definition) is 5. The maximum Gasteiger partial charge on any atom is 0.308 e. The predicted molar refractivity (Wildman–Crippen MR) is 123 cm³/mol. The average Bonchev–Trinajstić information content (AvgIpc) is 2.96. The highest BCUT2D eigenvalue weighted by Gasteiger charge is 2.23. The second kappa shape index (κ2) is 8.41. The molecule has 1 heterocycles. The van der Waals surface area contributed by atoms with E-state index in [1.807, 2.05) is 13.8 Å². The molecule has 0 fully saturated rings. The van der Waals surface area contributed by atoms with E-state index in [9.17, 15) is 18.0 Å². The minimum atomic E-state index is -3.72. The molecule has 3 rings (SSSR count). The van der Waals surface area contributed by atoms with Crippen LogP contribution in [0, 0.1) is 6.92 Å². The Balaban J connectivity index is 1.87. The molecule has 0 unspecified atom stereocenters. The molecule has 1 aromatic heterocycles. The number of nitrogens with zero attached hydrogens (tertiary/aromatic N) is 2. The molecule has 0 saturated carbocycles. The summed E-state index contributed by atoms with van der Waals surface area (Å²) in [4.78, 5) is 24.8. The van der Waals surface area contributed by atoms with Crippen LogP contribution >= 0.6 is 22.9 Å². The summed E-state index contributed by atoms with van der Waals surface area (Å²) >= 11 is 7.12. The van der Waals surface area contributed by atoms with Crippen LogP contribution in [0.4, 0.5) is 11.4 Å². The van der Waals surface area contributed by atoms with Crippen LogP contribution in [0.2, 0.25) is 5.02 Å². The molecule has 0 bridgehead atoms. The van der Waals surface area contributed by atoms with Gasteiger partial charge in [-0.2, -0.15) is 0 Å². The van der Waals surface area contributed by atoms with E-state index >= 15 is 0 Å². The third-order valence-corrected chi connectivity index (χ3v) is 6.82. The number of aromatic nitrogens is 1. The summed E-state index contributed by atoms with van der Waals surface area (Å²) in [6.45, 7) is 5.21. The number of benzene rings is 2. The third-order valence-electron chi connectivity index (χ3n) is 4.54. The van der Waals surface area contributed by atoms with Crippen LogP contribution in [-0.2, 0) is 14.8 Å². The molecule has 0 radical (unpaired) electrons. The zero-order valence-electron chi connectivity index (χ0n) is 17.0. The highest BCUT2D eigenvalue weighted by molar-refractivity contribution is 7.92. The number of rotatable bonds is 6. The Kier molecular flexibility index (Phi) is 6.26. The molecule has 1 N–H and O–H groups in total. The maximum absolute atomic E-state index is 12.6. The molecular formula is C20H22ClN3O4S2. The van der Waals surface area contributed by atoms with Crippen molar-refractivity contribution in [3.8, 4) is 0 Å². The number of amides is 1. The molecular weight excluding hydrogens is 446 g/mol. The van der Waals surface area contributed by atoms with Gasteiger partial charge in [0.1, 0.15) is 6.54 Å². The number of carbonyl (C=O) groups excluding carboxylic acids is 1. The first-order valence-electron chi connectivity index (χ1n) is 9.16. The first-order valence-corrected chi connectivity index (χ1v) is 12.2. The predicted octanol–water partition coefficient (Wildman–Crippen LogP) is 4.01. The first kappa shape index (κ1) is 22.3. The number of thiazole rings is 1. The molecule has 0 aliphatic carbocycles. The molecule has 0 spiro atoms. The molecule has 0 aliphatic rings. The summed E-state index contributed by atoms with van der Waals surface area (Å²) in [7, 11) is -3.72. The fourth-order valence-corrected chi connectivity index (χ4v) is 5.29. The van der Waals surface area contributed by atoms with E-state index in [1.54, 1.807) is 41.8 Å². The second-order valence-corrected chi connectivity index (χ2v) is 10.6. The van der Waals surface area contributed by atoms with Gasteiger partial charge in [-0.3, -0.25) is 18.5 Å². The summed E-state index contributed by atoms with van der Waals surface area (Å²) in [6, 6.07) is 10.1. The standard InChI is InChI=1S/C20H22ClN3O4S2/c1-12(2)24-16-8-7-15(10-18(16)29-20(24)26)22-19(25)11-23(30(4,27)28)17-9-14(21)6-5-13(17)3/h5-10,12H,11H2,1-4H3,(H,22,25). The van der Waals surface area contributed by atoms with Gasteiger partial charge >= 0.3 is 4.87 Å². The van der Waals surface area contributed by atoms with E-state index in [1.165, 1.54) is 6.07 Å². The Morgan fingerprint density at radius 3 is 2.57 bits per heavy atom. The monoisotopic (exact) mass is 467 g/mol. The van der Waals surface area contributed by atoms with Gasteiger partial charge in [0.15, 0.2) is 0 Å². The van der Waals surface area contributed by atoms with Crippen molar-refractivity contribution in [1.82, 2.24) is 4.57 Å². The van der Waals surface area contributed by atoms with E-state index in [-0.39, 0.29) is 10.9 Å². The van der Waals surface area contributed by atoms with Gasteiger partial charge in [-0.15, -0.1) is 0 Å². The van der Waals surface area contributed by atoms with Gasteiger partial charge in [-0.05, 0) is 56.7 Å². The molecule has 2 aromatic carbocycles. The Bertz CT molecular complexity index is 1280. The Morgan fingerprint density at radius 2 is 1.93 bits per heavy atom. The molecule has 160 valence electrons. The van der Waals surface area contributed by atoms with Crippen molar-refractivity contribution in [2.45, 2.75) is 26.8 Å². The van der Waals surface area contributed by atoms with Crippen LogP contribution in [0.15, 0.2) is 41.2 Å². The van der Waals surface area contributed by atoms with E-state index in [4.69, 9.17) is 11.6 Å². The van der Waals surface area contributed by atoms with E-state index in [0.717, 1.165) is 32.1 Å². The molecule has 0 aliphatic heterocycles. The Labute approximate surface area is 183 Å². The third kappa shape index (κ3) is 4.69. The highest BCUT2D eigenvalue weighted by atomic mass is 35.5. The van der Waals surface area contributed by atoms with Gasteiger partial charge in [0.05, 0.1) is 22.2 Å². The van der Waals surface area contributed by atoms with Crippen LogP contribution in [0.1, 0.15) is 25.5 Å². The van der Waals surface area contributed by atoms with E-state index < -0.39 is 22.5 Å². The molecule has 3 aromatic rings. The fourth-order valence-electron chi connectivity index (χ4n) is 3.17. The summed E-state index contributed by atoms with van der Waals surface area (Å²) < 4.78 is 28.1. The SMILES string of the molecule is Cc1ccc(Cl)cc1N(CC(=O)Nc1ccc2c(c1)sc(=O)n2C(C)C)S(C)(=O)=O. The minimum absolute atomic E-state index is 0.0240. The van der Waals surface area contributed by atoms with Crippen molar-refractivity contribution in [2.24, 2.45) is 0 Å². The quantitative estimate of drug-likeness (QED) is 0.593. The van der Waals surface area contributed by atoms with E-state index in [2.05, 4.69) is 5.32 Å². The summed E-state index contributed by atoms with van der Waals surface area (Å²) in [5.74, 6) is -0.505. The largest absolute Gasteiger partial charge is 0.324 e. The topological polar surface area (TPSA) is 88.5 Å². The van der Waals surface area contributed by atoms with Crippen LogP contribution in [0.3, 0.4) is 0 Å². The zero-order chi connectivity index (χ0) is 22.2. The molecule has 0 atom stereocenters. The minimum Gasteiger partial charge on any atom is -0.324 e. The number of aryl methyl sites for hydroxylation is 1. The maximum atomic E-state index is 12.6. The lowest BCUT2D eigenvalue weighted by molar-refractivity contribution is -0.114. The summed E-state index contributed by atoms with van der Waals surface area (Å²) in [5, 5.41) is 3.09. The normalized spacial score (nSPS) is 11.8. The van der Waals surface area contributed by atoms with Crippen molar-refractivity contribution < 1.29 is 13.2 Å². The molecule has 7 nitrogen and oxygen atoms in total. The number of carbonyl (C=O) groups is 1. The molecule has 30 heavy (non-hydrogen) atoms. The lowest BCUT2D eigenvalue weighted by atomic mass is 10.2. The number of hydrogen-bond donors (Lipinski definition) is 1. The van der Waals surface area contributed by atoms with Crippen LogP contribution in [0.25, 0.3) is 10.2 Å². The Morgan fingerprint density at radius 1 is 1.23 bits per heavy atom. The van der Waals surface area contributed by atoms with Crippen LogP contribution < -0.4 is 14.5 Å². The van der Waals surface area contributed by atoms with Crippen molar-refractivity contribution in [1.29, 1.82) is 0 Å². The number of sulfonamides is 1. The first-order chi connectivity index (χ1) is 14.0. The molecule has 1 amide bonds. The van der Waals surface area contributed by atoms with Gasteiger partial charge in [0.25, 0.3) is 0 Å². The lowest BCUT2D eigenvalue weighted by Gasteiger charge is -2.23. The number of nitrogens with one attached hydrogen (secondary N) is 1. The van der Waals surface area contributed by atoms with Crippen LogP contribution in [0.5, 0.6) is 0 Å². The summed E-state index contributed by atoms with van der Waals surface area (Å²) in [5.41, 5.74) is 2.31.